The number of para-hydroxylation sites is 1. The lowest BCUT2D eigenvalue weighted by Gasteiger charge is -2.14. The first kappa shape index (κ1) is 28.9. The highest BCUT2D eigenvalue weighted by Gasteiger charge is 2.18. The molecule has 44 heavy (non-hydrogen) atoms. The van der Waals surface area contributed by atoms with Crippen molar-refractivity contribution in [2.45, 2.75) is 6.61 Å². The summed E-state index contributed by atoms with van der Waals surface area (Å²) >= 11 is 2.14. The lowest BCUT2D eigenvalue weighted by molar-refractivity contribution is 0.0697. The van der Waals surface area contributed by atoms with Crippen LogP contribution in [-0.4, -0.2) is 41.2 Å². The third-order valence-corrected chi connectivity index (χ3v) is 7.67. The number of fused-ring (bicyclic) bond motifs is 2. The number of ether oxygens (including phenoxy) is 3. The first-order valence-electron chi connectivity index (χ1n) is 13.3. The van der Waals surface area contributed by atoms with Crippen LogP contribution >= 0.6 is 22.6 Å². The summed E-state index contributed by atoms with van der Waals surface area (Å²) in [4.78, 5) is 29.5. The summed E-state index contributed by atoms with van der Waals surface area (Å²) in [5, 5.41) is 14.8. The lowest BCUT2D eigenvalue weighted by Crippen LogP contribution is -2.20. The van der Waals surface area contributed by atoms with Crippen molar-refractivity contribution >= 4 is 56.6 Å². The van der Waals surface area contributed by atoms with E-state index in [1.54, 1.807) is 55.8 Å². The second kappa shape index (κ2) is 12.2. The molecule has 4 aromatic carbocycles. The summed E-state index contributed by atoms with van der Waals surface area (Å²) < 4.78 is 25.2. The molecule has 0 aliphatic heterocycles. The van der Waals surface area contributed by atoms with Crippen LogP contribution in [-0.2, 0) is 6.61 Å². The van der Waals surface area contributed by atoms with E-state index in [1.807, 2.05) is 30.3 Å². The van der Waals surface area contributed by atoms with E-state index < -0.39 is 5.97 Å². The van der Waals surface area contributed by atoms with Gasteiger partial charge in [0.25, 0.3) is 5.56 Å². The molecule has 0 spiro atoms. The first-order chi connectivity index (χ1) is 21.4. The van der Waals surface area contributed by atoms with E-state index in [1.165, 1.54) is 23.9 Å². The third-order valence-electron chi connectivity index (χ3n) is 6.87. The van der Waals surface area contributed by atoms with Crippen molar-refractivity contribution < 1.29 is 28.5 Å². The molecule has 2 aromatic heterocycles. The number of carboxylic acid groups (broad SMARTS) is 1. The Kier molecular flexibility index (Phi) is 8.03. The van der Waals surface area contributed by atoms with Crippen LogP contribution < -0.4 is 19.8 Å². The molecule has 6 rings (SSSR count). The quantitative estimate of drug-likeness (QED) is 0.132. The van der Waals surface area contributed by atoms with Crippen molar-refractivity contribution in [3.63, 3.8) is 0 Å². The van der Waals surface area contributed by atoms with Gasteiger partial charge in [-0.2, -0.15) is 9.78 Å². The molecule has 2 heterocycles. The smallest absolute Gasteiger partial charge is 0.335 e. The maximum Gasteiger partial charge on any atom is 0.335 e. The van der Waals surface area contributed by atoms with E-state index in [0.717, 1.165) is 14.5 Å². The van der Waals surface area contributed by atoms with Crippen molar-refractivity contribution in [3.8, 4) is 28.8 Å². The number of carboxylic acids is 1. The molecule has 0 atom stereocenters. The van der Waals surface area contributed by atoms with E-state index in [2.05, 4.69) is 27.7 Å². The van der Waals surface area contributed by atoms with Crippen LogP contribution in [0.5, 0.6) is 17.2 Å². The molecule has 0 fully saturated rings. The van der Waals surface area contributed by atoms with Crippen LogP contribution in [0.15, 0.2) is 99.2 Å². The minimum Gasteiger partial charge on any atom is -0.496 e. The number of hydrogen-bond acceptors (Lipinski definition) is 8. The van der Waals surface area contributed by atoms with Gasteiger partial charge in [-0.25, -0.2) is 9.78 Å². The zero-order valence-corrected chi connectivity index (χ0v) is 25.6. The Morgan fingerprint density at radius 2 is 1.75 bits per heavy atom. The molecule has 220 valence electrons. The molecular weight excluding hydrogens is 677 g/mol. The van der Waals surface area contributed by atoms with Gasteiger partial charge in [-0.05, 0) is 88.3 Å². The van der Waals surface area contributed by atoms with Crippen LogP contribution in [0.2, 0.25) is 0 Å². The number of carbonyl (C=O) groups is 1. The Labute approximate surface area is 264 Å². The minimum absolute atomic E-state index is 0.202. The number of hydrogen-bond donors (Lipinski definition) is 1. The molecule has 11 heteroatoms. The number of halogens is 1. The van der Waals surface area contributed by atoms with E-state index in [9.17, 15) is 9.59 Å². The zero-order valence-electron chi connectivity index (χ0n) is 23.5. The maximum absolute atomic E-state index is 13.7. The Balaban J connectivity index is 1.37. The van der Waals surface area contributed by atoms with Gasteiger partial charge in [-0.15, -0.1) is 0 Å². The van der Waals surface area contributed by atoms with Gasteiger partial charge in [0.1, 0.15) is 17.9 Å². The standard InChI is InChI=1S/C33H24IN3O7/c1-41-26-8-5-9-27-23(26)16-29(44-27)31-36-25-7-4-3-6-22(25)32(38)37(31)35-17-20-14-24(34)30(28(15-20)42-2)43-18-19-10-12-21(13-11-19)33(39)40/h3-17H,18H2,1-2H3,(H,39,40). The van der Waals surface area contributed by atoms with Crippen LogP contribution in [0.4, 0.5) is 0 Å². The summed E-state index contributed by atoms with van der Waals surface area (Å²) in [6.07, 6.45) is 1.55. The van der Waals surface area contributed by atoms with Crippen molar-refractivity contribution in [2.75, 3.05) is 14.2 Å². The minimum atomic E-state index is -0.988. The Morgan fingerprint density at radius 1 is 0.977 bits per heavy atom. The third kappa shape index (κ3) is 5.61. The zero-order chi connectivity index (χ0) is 30.8. The molecule has 0 bridgehead atoms. The molecule has 0 aliphatic rings. The fourth-order valence-electron chi connectivity index (χ4n) is 4.69. The Bertz CT molecular complexity index is 2120. The monoisotopic (exact) mass is 701 g/mol. The second-order valence-electron chi connectivity index (χ2n) is 9.62. The predicted molar refractivity (Wildman–Crippen MR) is 174 cm³/mol. The van der Waals surface area contributed by atoms with E-state index in [4.69, 9.17) is 28.7 Å². The molecule has 0 aliphatic carbocycles. The Hall–Kier alpha value is -5.17. The molecule has 10 nitrogen and oxygen atoms in total. The van der Waals surface area contributed by atoms with Gasteiger partial charge in [0.05, 0.1) is 45.9 Å². The molecular formula is C33H24IN3O7. The Morgan fingerprint density at radius 3 is 2.50 bits per heavy atom. The number of aromatic carboxylic acids is 1. The lowest BCUT2D eigenvalue weighted by atomic mass is 10.1. The van der Waals surface area contributed by atoms with Gasteiger partial charge >= 0.3 is 5.97 Å². The van der Waals surface area contributed by atoms with Crippen LogP contribution in [0.25, 0.3) is 33.5 Å². The van der Waals surface area contributed by atoms with Crippen molar-refractivity contribution in [1.29, 1.82) is 0 Å². The number of benzene rings is 4. The normalized spacial score (nSPS) is 11.3. The maximum atomic E-state index is 13.7. The van der Waals surface area contributed by atoms with Crippen LogP contribution in [0.1, 0.15) is 21.5 Å². The molecule has 0 radical (unpaired) electrons. The fourth-order valence-corrected chi connectivity index (χ4v) is 5.47. The van der Waals surface area contributed by atoms with Gasteiger partial charge in [0.15, 0.2) is 17.3 Å². The predicted octanol–water partition coefficient (Wildman–Crippen LogP) is 6.59. The number of methoxy groups -OCH3 is 2. The summed E-state index contributed by atoms with van der Waals surface area (Å²) in [6, 6.07) is 24.4. The summed E-state index contributed by atoms with van der Waals surface area (Å²) in [5.74, 6) is 1.23. The van der Waals surface area contributed by atoms with Gasteiger partial charge in [-0.3, -0.25) is 4.79 Å². The number of rotatable bonds is 9. The number of furan rings is 1. The summed E-state index contributed by atoms with van der Waals surface area (Å²) in [6.45, 7) is 0.212. The molecule has 0 saturated carbocycles. The SMILES string of the molecule is COc1cc(C=Nn2c(-c3cc4c(OC)cccc4o3)nc3ccccc3c2=O)cc(I)c1OCc1ccc(C(=O)O)cc1. The molecule has 0 unspecified atom stereocenters. The van der Waals surface area contributed by atoms with Gasteiger partial charge in [-0.1, -0.05) is 30.3 Å². The van der Waals surface area contributed by atoms with Gasteiger partial charge in [0.2, 0.25) is 5.82 Å². The van der Waals surface area contributed by atoms with Crippen molar-refractivity contribution in [1.82, 2.24) is 9.66 Å². The topological polar surface area (TPSA) is 125 Å². The first-order valence-corrected chi connectivity index (χ1v) is 14.4. The van der Waals surface area contributed by atoms with E-state index >= 15 is 0 Å². The fraction of sp³-hybridized carbons (Fsp3) is 0.0909. The highest BCUT2D eigenvalue weighted by Crippen LogP contribution is 2.35. The number of aromatic nitrogens is 2. The highest BCUT2D eigenvalue weighted by molar-refractivity contribution is 14.1. The van der Waals surface area contributed by atoms with Gasteiger partial charge in [0, 0.05) is 0 Å². The summed E-state index contributed by atoms with van der Waals surface area (Å²) in [7, 11) is 3.12. The average molecular weight is 701 g/mol. The van der Waals surface area contributed by atoms with Crippen molar-refractivity contribution in [3.05, 3.63) is 116 Å². The number of nitrogens with zero attached hydrogens (tertiary/aromatic N) is 3. The average Bonchev–Trinajstić information content (AvgIpc) is 3.48. The van der Waals surface area contributed by atoms with E-state index in [0.29, 0.717) is 45.1 Å². The molecule has 0 amide bonds. The van der Waals surface area contributed by atoms with Crippen LogP contribution in [0, 0.1) is 3.57 Å². The van der Waals surface area contributed by atoms with E-state index in [-0.39, 0.29) is 23.6 Å². The summed E-state index contributed by atoms with van der Waals surface area (Å²) in [5.41, 5.74) is 2.41. The van der Waals surface area contributed by atoms with Gasteiger partial charge < -0.3 is 23.7 Å². The molecule has 1 N–H and O–H groups in total. The second-order valence-corrected chi connectivity index (χ2v) is 10.8. The molecule has 0 saturated heterocycles. The largest absolute Gasteiger partial charge is 0.496 e. The van der Waals surface area contributed by atoms with Crippen molar-refractivity contribution in [2.24, 2.45) is 5.10 Å². The highest BCUT2D eigenvalue weighted by atomic mass is 127. The van der Waals surface area contributed by atoms with Crippen LogP contribution in [0.3, 0.4) is 0 Å². The molecule has 6 aromatic rings.